The smallest absolute Gasteiger partial charge is 0.224 e. The third kappa shape index (κ3) is 5.02. The van der Waals surface area contributed by atoms with Crippen LogP contribution in [0.1, 0.15) is 19.3 Å². The lowest BCUT2D eigenvalue weighted by Gasteiger charge is -2.33. The summed E-state index contributed by atoms with van der Waals surface area (Å²) in [6.07, 6.45) is 4.33. The van der Waals surface area contributed by atoms with E-state index >= 15 is 0 Å². The molecule has 2 amide bonds. The van der Waals surface area contributed by atoms with Gasteiger partial charge in [0.15, 0.2) is 0 Å². The second kappa shape index (κ2) is 8.42. The number of rotatable bonds is 5. The van der Waals surface area contributed by atoms with E-state index in [2.05, 4.69) is 5.32 Å². The van der Waals surface area contributed by atoms with Gasteiger partial charge >= 0.3 is 0 Å². The zero-order chi connectivity index (χ0) is 16.8. The van der Waals surface area contributed by atoms with Gasteiger partial charge in [0.25, 0.3) is 0 Å². The van der Waals surface area contributed by atoms with Gasteiger partial charge in [-0.05, 0) is 12.8 Å². The Labute approximate surface area is 136 Å². The van der Waals surface area contributed by atoms with Gasteiger partial charge in [0.05, 0.1) is 25.2 Å². The van der Waals surface area contributed by atoms with Crippen LogP contribution < -0.4 is 5.32 Å². The molecule has 23 heavy (non-hydrogen) atoms. The summed E-state index contributed by atoms with van der Waals surface area (Å²) in [6.45, 7) is 0.996. The highest BCUT2D eigenvalue weighted by Gasteiger charge is 2.31. The summed E-state index contributed by atoms with van der Waals surface area (Å²) in [4.78, 5) is 25.5. The van der Waals surface area contributed by atoms with Gasteiger partial charge in [0.2, 0.25) is 11.8 Å². The summed E-state index contributed by atoms with van der Waals surface area (Å²) >= 11 is 0. The van der Waals surface area contributed by atoms with Gasteiger partial charge in [-0.15, -0.1) is 0 Å². The number of hydrogen-bond acceptors (Lipinski definition) is 5. The SMILES string of the molecule is CN(C)C(=O)C[C@H]1C=C[C@@H](NC(=O)C2CCOCC2)[C@@H](CO)O1. The Kier molecular flexibility index (Phi) is 6.56. The van der Waals surface area contributed by atoms with E-state index in [-0.39, 0.29) is 42.9 Å². The predicted molar refractivity (Wildman–Crippen MR) is 83.7 cm³/mol. The van der Waals surface area contributed by atoms with Crippen molar-refractivity contribution in [2.75, 3.05) is 33.9 Å². The van der Waals surface area contributed by atoms with Crippen LogP contribution in [0.2, 0.25) is 0 Å². The highest BCUT2D eigenvalue weighted by molar-refractivity contribution is 5.79. The van der Waals surface area contributed by atoms with Crippen LogP contribution >= 0.6 is 0 Å². The van der Waals surface area contributed by atoms with Crippen molar-refractivity contribution in [3.05, 3.63) is 12.2 Å². The highest BCUT2D eigenvalue weighted by Crippen LogP contribution is 2.19. The molecular formula is C16H26N2O5. The van der Waals surface area contributed by atoms with E-state index in [4.69, 9.17) is 9.47 Å². The van der Waals surface area contributed by atoms with Crippen molar-refractivity contribution in [3.8, 4) is 0 Å². The molecule has 0 saturated carbocycles. The Hall–Kier alpha value is -1.44. The third-order valence-corrected chi connectivity index (χ3v) is 4.24. The van der Waals surface area contributed by atoms with Crippen LogP contribution in [0.5, 0.6) is 0 Å². The molecule has 0 aromatic rings. The van der Waals surface area contributed by atoms with Crippen molar-refractivity contribution in [1.29, 1.82) is 0 Å². The minimum Gasteiger partial charge on any atom is -0.394 e. The van der Waals surface area contributed by atoms with E-state index in [0.29, 0.717) is 26.1 Å². The fraction of sp³-hybridized carbons (Fsp3) is 0.750. The van der Waals surface area contributed by atoms with Gasteiger partial charge < -0.3 is 24.8 Å². The molecule has 7 nitrogen and oxygen atoms in total. The quantitative estimate of drug-likeness (QED) is 0.677. The van der Waals surface area contributed by atoms with Crippen LogP contribution in [0.15, 0.2) is 12.2 Å². The van der Waals surface area contributed by atoms with Crippen molar-refractivity contribution in [2.24, 2.45) is 5.92 Å². The number of carbonyl (C=O) groups excluding carboxylic acids is 2. The maximum absolute atomic E-state index is 12.3. The molecule has 0 bridgehead atoms. The van der Waals surface area contributed by atoms with E-state index in [1.165, 1.54) is 4.90 Å². The fourth-order valence-electron chi connectivity index (χ4n) is 2.73. The molecule has 1 fully saturated rings. The van der Waals surface area contributed by atoms with E-state index in [1.807, 2.05) is 6.08 Å². The van der Waals surface area contributed by atoms with Gasteiger partial charge in [0, 0.05) is 33.2 Å². The highest BCUT2D eigenvalue weighted by atomic mass is 16.5. The normalized spacial score (nSPS) is 28.4. The number of hydrogen-bond donors (Lipinski definition) is 2. The van der Waals surface area contributed by atoms with Crippen molar-refractivity contribution < 1.29 is 24.2 Å². The monoisotopic (exact) mass is 326 g/mol. The molecule has 0 aliphatic carbocycles. The van der Waals surface area contributed by atoms with Gasteiger partial charge in [-0.3, -0.25) is 9.59 Å². The first-order valence-corrected chi connectivity index (χ1v) is 8.04. The summed E-state index contributed by atoms with van der Waals surface area (Å²) in [7, 11) is 3.38. The van der Waals surface area contributed by atoms with Crippen LogP contribution in [-0.4, -0.2) is 74.0 Å². The summed E-state index contributed by atoms with van der Waals surface area (Å²) < 4.78 is 11.0. The summed E-state index contributed by atoms with van der Waals surface area (Å²) in [5.41, 5.74) is 0. The third-order valence-electron chi connectivity index (χ3n) is 4.24. The number of amides is 2. The van der Waals surface area contributed by atoms with E-state index in [1.54, 1.807) is 20.2 Å². The molecule has 0 aromatic heterocycles. The fourth-order valence-corrected chi connectivity index (χ4v) is 2.73. The molecule has 2 N–H and O–H groups in total. The Bertz CT molecular complexity index is 446. The zero-order valence-electron chi connectivity index (χ0n) is 13.7. The number of ether oxygens (including phenoxy) is 2. The first-order chi connectivity index (χ1) is 11.0. The lowest BCUT2D eigenvalue weighted by molar-refractivity contribution is -0.135. The van der Waals surface area contributed by atoms with Crippen molar-refractivity contribution >= 4 is 11.8 Å². The maximum Gasteiger partial charge on any atom is 0.224 e. The first kappa shape index (κ1) is 17.9. The molecule has 0 aromatic carbocycles. The summed E-state index contributed by atoms with van der Waals surface area (Å²) in [6, 6.07) is -0.374. The molecule has 2 aliphatic heterocycles. The molecular weight excluding hydrogens is 300 g/mol. The number of nitrogens with one attached hydrogen (secondary N) is 1. The first-order valence-electron chi connectivity index (χ1n) is 8.04. The molecule has 0 spiro atoms. The Morgan fingerprint density at radius 3 is 2.57 bits per heavy atom. The number of nitrogens with zero attached hydrogens (tertiary/aromatic N) is 1. The van der Waals surface area contributed by atoms with E-state index in [9.17, 15) is 14.7 Å². The minimum atomic E-state index is -0.538. The van der Waals surface area contributed by atoms with E-state index in [0.717, 1.165) is 0 Å². The van der Waals surface area contributed by atoms with Crippen LogP contribution in [0.3, 0.4) is 0 Å². The molecule has 0 radical (unpaired) electrons. The maximum atomic E-state index is 12.3. The summed E-state index contributed by atoms with van der Waals surface area (Å²) in [5.74, 6) is -0.126. The molecule has 7 heteroatoms. The molecule has 3 atom stereocenters. The molecule has 2 heterocycles. The van der Waals surface area contributed by atoms with E-state index < -0.39 is 6.10 Å². The largest absolute Gasteiger partial charge is 0.394 e. The minimum absolute atomic E-state index is 0.0344. The Morgan fingerprint density at radius 2 is 1.96 bits per heavy atom. The van der Waals surface area contributed by atoms with Gasteiger partial charge in [-0.2, -0.15) is 0 Å². The molecule has 2 rings (SSSR count). The Morgan fingerprint density at radius 1 is 1.26 bits per heavy atom. The van der Waals surface area contributed by atoms with Crippen LogP contribution in [0, 0.1) is 5.92 Å². The van der Waals surface area contributed by atoms with Crippen LogP contribution in [0.25, 0.3) is 0 Å². The van der Waals surface area contributed by atoms with Gasteiger partial charge in [-0.1, -0.05) is 12.2 Å². The molecule has 1 saturated heterocycles. The second-order valence-corrected chi connectivity index (χ2v) is 6.19. The Balaban J connectivity index is 1.91. The van der Waals surface area contributed by atoms with Crippen molar-refractivity contribution in [1.82, 2.24) is 10.2 Å². The van der Waals surface area contributed by atoms with Crippen molar-refractivity contribution in [3.63, 3.8) is 0 Å². The van der Waals surface area contributed by atoms with Crippen molar-refractivity contribution in [2.45, 2.75) is 37.5 Å². The standard InChI is InChI=1S/C16H26N2O5/c1-18(2)15(20)9-12-3-4-13(14(10-19)23-12)17-16(21)11-5-7-22-8-6-11/h3-4,11-14,19H,5-10H2,1-2H3,(H,17,21)/t12-,13-,14-/m1/s1. The lowest BCUT2D eigenvalue weighted by Crippen LogP contribution is -2.50. The van der Waals surface area contributed by atoms with Gasteiger partial charge in [0.1, 0.15) is 6.10 Å². The van der Waals surface area contributed by atoms with Crippen LogP contribution in [0.4, 0.5) is 0 Å². The molecule has 2 aliphatic rings. The molecule has 0 unspecified atom stereocenters. The van der Waals surface area contributed by atoms with Gasteiger partial charge in [-0.25, -0.2) is 0 Å². The number of carbonyl (C=O) groups is 2. The van der Waals surface area contributed by atoms with Crippen LogP contribution in [-0.2, 0) is 19.1 Å². The number of aliphatic hydroxyl groups excluding tert-OH is 1. The predicted octanol–water partition coefficient (Wildman–Crippen LogP) is -0.308. The lowest BCUT2D eigenvalue weighted by atomic mass is 9.97. The second-order valence-electron chi connectivity index (χ2n) is 6.19. The molecule has 130 valence electrons. The number of aliphatic hydroxyl groups is 1. The average Bonchev–Trinajstić information content (AvgIpc) is 2.56. The zero-order valence-corrected chi connectivity index (χ0v) is 13.7. The topological polar surface area (TPSA) is 88.1 Å². The summed E-state index contributed by atoms with van der Waals surface area (Å²) in [5, 5.41) is 12.4. The average molecular weight is 326 g/mol.